The minimum absolute atomic E-state index is 0.306. The van der Waals surface area contributed by atoms with E-state index in [0.29, 0.717) is 45.5 Å². The number of anilines is 1. The van der Waals surface area contributed by atoms with Gasteiger partial charge in [-0.25, -0.2) is 0 Å². The number of halogens is 2. The number of fused-ring (bicyclic) bond motifs is 1. The number of nitrogens with zero attached hydrogens (tertiary/aromatic N) is 1. The number of ether oxygens (including phenoxy) is 2. The lowest BCUT2D eigenvalue weighted by Gasteiger charge is -2.20. The van der Waals surface area contributed by atoms with E-state index in [-0.39, 0.29) is 5.91 Å². The van der Waals surface area contributed by atoms with E-state index in [1.54, 1.807) is 18.2 Å². The van der Waals surface area contributed by atoms with Crippen LogP contribution in [-0.2, 0) is 0 Å². The van der Waals surface area contributed by atoms with Crippen LogP contribution in [0.3, 0.4) is 0 Å². The van der Waals surface area contributed by atoms with E-state index < -0.39 is 0 Å². The summed E-state index contributed by atoms with van der Waals surface area (Å²) in [5, 5.41) is 3.12. The first-order chi connectivity index (χ1) is 10.1. The first-order valence-electron chi connectivity index (χ1n) is 6.15. The highest BCUT2D eigenvalue weighted by Crippen LogP contribution is 2.38. The van der Waals surface area contributed by atoms with E-state index in [1.165, 1.54) is 12.4 Å². The Morgan fingerprint density at radius 1 is 1.29 bits per heavy atom. The maximum Gasteiger partial charge on any atom is 0.258 e. The van der Waals surface area contributed by atoms with Gasteiger partial charge in [0, 0.05) is 29.0 Å². The molecule has 1 N–H and O–H groups in total. The smallest absolute Gasteiger partial charge is 0.258 e. The van der Waals surface area contributed by atoms with E-state index in [2.05, 4.69) is 26.2 Å². The van der Waals surface area contributed by atoms with Gasteiger partial charge in [0.2, 0.25) is 0 Å². The number of hydrogen-bond donors (Lipinski definition) is 1. The molecular formula is C14H10BrClN2O3. The zero-order valence-corrected chi connectivity index (χ0v) is 13.1. The summed E-state index contributed by atoms with van der Waals surface area (Å²) in [7, 11) is 0. The third-order valence-electron chi connectivity index (χ3n) is 2.89. The summed E-state index contributed by atoms with van der Waals surface area (Å²) in [6, 6.07) is 5.03. The number of hydrogen-bond acceptors (Lipinski definition) is 4. The van der Waals surface area contributed by atoms with Crippen LogP contribution in [0.4, 0.5) is 5.69 Å². The molecule has 0 spiro atoms. The van der Waals surface area contributed by atoms with E-state index in [1.807, 2.05) is 0 Å². The first-order valence-corrected chi connectivity index (χ1v) is 7.32. The second-order valence-corrected chi connectivity index (χ2v) is 5.55. The summed E-state index contributed by atoms with van der Waals surface area (Å²) < 4.78 is 11.7. The predicted octanol–water partition coefficient (Wildman–Crippen LogP) is 3.52. The quantitative estimate of drug-likeness (QED) is 0.880. The molecule has 0 bridgehead atoms. The predicted molar refractivity (Wildman–Crippen MR) is 82.3 cm³/mol. The topological polar surface area (TPSA) is 60.5 Å². The summed E-state index contributed by atoms with van der Waals surface area (Å²) >= 11 is 9.38. The van der Waals surface area contributed by atoms with Crippen molar-refractivity contribution in [3.8, 4) is 11.5 Å². The fourth-order valence-corrected chi connectivity index (χ4v) is 2.51. The second kappa shape index (κ2) is 5.91. The maximum atomic E-state index is 12.2. The molecule has 0 fully saturated rings. The van der Waals surface area contributed by atoms with Crippen molar-refractivity contribution < 1.29 is 14.3 Å². The van der Waals surface area contributed by atoms with E-state index in [0.717, 1.165) is 0 Å². The van der Waals surface area contributed by atoms with Gasteiger partial charge < -0.3 is 14.8 Å². The fourth-order valence-electron chi connectivity index (χ4n) is 1.89. The summed E-state index contributed by atoms with van der Waals surface area (Å²) in [6.07, 6.45) is 2.95. The van der Waals surface area contributed by atoms with E-state index in [4.69, 9.17) is 21.1 Å². The van der Waals surface area contributed by atoms with Crippen molar-refractivity contribution in [2.45, 2.75) is 0 Å². The molecule has 3 rings (SSSR count). The van der Waals surface area contributed by atoms with Crippen LogP contribution in [0.25, 0.3) is 0 Å². The van der Waals surface area contributed by atoms with Crippen molar-refractivity contribution in [3.63, 3.8) is 0 Å². The van der Waals surface area contributed by atoms with Crippen LogP contribution in [-0.4, -0.2) is 24.1 Å². The number of amides is 1. The molecule has 0 aliphatic carbocycles. The van der Waals surface area contributed by atoms with Crippen LogP contribution in [0.2, 0.25) is 5.02 Å². The van der Waals surface area contributed by atoms with Crippen molar-refractivity contribution in [2.24, 2.45) is 0 Å². The van der Waals surface area contributed by atoms with E-state index in [9.17, 15) is 4.79 Å². The van der Waals surface area contributed by atoms with Gasteiger partial charge in [0.15, 0.2) is 11.5 Å². The van der Waals surface area contributed by atoms with Gasteiger partial charge >= 0.3 is 0 Å². The zero-order chi connectivity index (χ0) is 14.8. The van der Waals surface area contributed by atoms with Gasteiger partial charge in [-0.3, -0.25) is 9.78 Å². The Morgan fingerprint density at radius 2 is 2.00 bits per heavy atom. The number of nitrogens with one attached hydrogen (secondary N) is 1. The van der Waals surface area contributed by atoms with Crippen LogP contribution < -0.4 is 14.8 Å². The molecule has 7 heteroatoms. The van der Waals surface area contributed by atoms with Crippen molar-refractivity contribution in [2.75, 3.05) is 18.5 Å². The molecule has 1 aromatic carbocycles. The van der Waals surface area contributed by atoms with E-state index >= 15 is 0 Å². The summed E-state index contributed by atoms with van der Waals surface area (Å²) in [4.78, 5) is 16.1. The van der Waals surface area contributed by atoms with Gasteiger partial charge in [0.25, 0.3) is 5.91 Å². The fraction of sp³-hybridized carbons (Fsp3) is 0.143. The van der Waals surface area contributed by atoms with Gasteiger partial charge in [-0.15, -0.1) is 0 Å². The van der Waals surface area contributed by atoms with Crippen molar-refractivity contribution >= 4 is 39.1 Å². The lowest BCUT2D eigenvalue weighted by Crippen LogP contribution is -2.17. The molecule has 1 amide bonds. The monoisotopic (exact) mass is 368 g/mol. The Morgan fingerprint density at radius 3 is 2.71 bits per heavy atom. The number of aromatic nitrogens is 1. The van der Waals surface area contributed by atoms with Gasteiger partial charge in [-0.05, 0) is 22.0 Å². The highest BCUT2D eigenvalue weighted by atomic mass is 79.9. The van der Waals surface area contributed by atoms with Gasteiger partial charge in [0.1, 0.15) is 13.2 Å². The lowest BCUT2D eigenvalue weighted by atomic mass is 10.2. The molecule has 1 aromatic heterocycles. The molecule has 21 heavy (non-hydrogen) atoms. The normalized spacial score (nSPS) is 12.9. The minimum Gasteiger partial charge on any atom is -0.486 e. The molecule has 1 aliphatic heterocycles. The molecule has 5 nitrogen and oxygen atoms in total. The van der Waals surface area contributed by atoms with Crippen molar-refractivity contribution in [1.82, 2.24) is 4.98 Å². The average Bonchev–Trinajstić information content (AvgIpc) is 2.48. The number of carbonyl (C=O) groups excluding carboxylic acids is 1. The SMILES string of the molecule is O=C(Nc1cc2c(cc1Br)OCCO2)c1cnccc1Cl. The Balaban J connectivity index is 1.88. The molecule has 0 atom stereocenters. The molecule has 2 heterocycles. The maximum absolute atomic E-state index is 12.2. The Labute approximate surface area is 134 Å². The summed E-state index contributed by atoms with van der Waals surface area (Å²) in [5.41, 5.74) is 0.880. The van der Waals surface area contributed by atoms with Crippen LogP contribution in [0.1, 0.15) is 10.4 Å². The third-order valence-corrected chi connectivity index (χ3v) is 3.88. The molecule has 1 aliphatic rings. The third kappa shape index (κ3) is 2.96. The number of rotatable bonds is 2. The van der Waals surface area contributed by atoms with Crippen LogP contribution in [0.5, 0.6) is 11.5 Å². The molecule has 0 radical (unpaired) electrons. The average molecular weight is 370 g/mol. The Kier molecular flexibility index (Phi) is 3.98. The summed E-state index contributed by atoms with van der Waals surface area (Å²) in [6.45, 7) is 0.993. The zero-order valence-electron chi connectivity index (χ0n) is 10.7. The molecule has 0 saturated carbocycles. The minimum atomic E-state index is -0.342. The van der Waals surface area contributed by atoms with Gasteiger partial charge in [-0.2, -0.15) is 0 Å². The molecule has 0 saturated heterocycles. The highest BCUT2D eigenvalue weighted by molar-refractivity contribution is 9.10. The van der Waals surface area contributed by atoms with Crippen LogP contribution in [0.15, 0.2) is 35.1 Å². The second-order valence-electron chi connectivity index (χ2n) is 4.29. The first kappa shape index (κ1) is 14.2. The molecule has 2 aromatic rings. The van der Waals surface area contributed by atoms with Crippen molar-refractivity contribution in [1.29, 1.82) is 0 Å². The Bertz CT molecular complexity index is 709. The molecule has 108 valence electrons. The number of carbonyl (C=O) groups is 1. The Hall–Kier alpha value is -1.79. The van der Waals surface area contributed by atoms with Crippen LogP contribution in [0, 0.1) is 0 Å². The van der Waals surface area contributed by atoms with Gasteiger partial charge in [0.05, 0.1) is 16.3 Å². The van der Waals surface area contributed by atoms with Crippen LogP contribution >= 0.6 is 27.5 Å². The van der Waals surface area contributed by atoms with Gasteiger partial charge in [-0.1, -0.05) is 11.6 Å². The largest absolute Gasteiger partial charge is 0.486 e. The highest BCUT2D eigenvalue weighted by Gasteiger charge is 2.17. The summed E-state index contributed by atoms with van der Waals surface area (Å²) in [5.74, 6) is 0.896. The number of benzene rings is 1. The van der Waals surface area contributed by atoms with Crippen molar-refractivity contribution in [3.05, 3.63) is 45.7 Å². The number of pyridine rings is 1. The molecular weight excluding hydrogens is 360 g/mol. The molecule has 0 unspecified atom stereocenters. The lowest BCUT2D eigenvalue weighted by molar-refractivity contribution is 0.102. The standard InChI is InChI=1S/C14H10BrClN2O3/c15-9-5-12-13(21-4-3-20-12)6-11(9)18-14(19)8-7-17-2-1-10(8)16/h1-2,5-7H,3-4H2,(H,18,19).